The van der Waals surface area contributed by atoms with E-state index in [1.807, 2.05) is 12.1 Å². The number of H-pyrrole nitrogens is 2. The van der Waals surface area contributed by atoms with Gasteiger partial charge in [-0.25, -0.2) is 4.79 Å². The first-order valence-corrected chi connectivity index (χ1v) is 5.75. The molecule has 0 atom stereocenters. The minimum Gasteiger partial charge on any atom is -0.372 e. The molecule has 0 spiro atoms. The van der Waals surface area contributed by atoms with Crippen molar-refractivity contribution in [3.8, 4) is 0 Å². The van der Waals surface area contributed by atoms with Crippen LogP contribution in [0.15, 0.2) is 27.8 Å². The van der Waals surface area contributed by atoms with E-state index >= 15 is 0 Å². The van der Waals surface area contributed by atoms with Gasteiger partial charge in [0.25, 0.3) is 5.56 Å². The van der Waals surface area contributed by atoms with Gasteiger partial charge in [0.15, 0.2) is 0 Å². The van der Waals surface area contributed by atoms with Crippen LogP contribution < -0.4 is 16.1 Å². The molecule has 2 N–H and O–H groups in total. The summed E-state index contributed by atoms with van der Waals surface area (Å²) < 4.78 is 0. The van der Waals surface area contributed by atoms with E-state index < -0.39 is 5.69 Å². The first kappa shape index (κ1) is 10.1. The number of rotatable bonds is 1. The van der Waals surface area contributed by atoms with E-state index in [1.165, 1.54) is 12.8 Å². The van der Waals surface area contributed by atoms with Gasteiger partial charge in [0.1, 0.15) is 0 Å². The lowest BCUT2D eigenvalue weighted by molar-refractivity contribution is 0.949. The molecule has 0 saturated carbocycles. The first-order chi connectivity index (χ1) is 8.24. The fraction of sp³-hybridized carbons (Fsp3) is 0.333. The van der Waals surface area contributed by atoms with E-state index in [0.29, 0.717) is 10.9 Å². The average Bonchev–Trinajstić information content (AvgIpc) is 2.82. The van der Waals surface area contributed by atoms with Crippen molar-refractivity contribution in [2.75, 3.05) is 18.0 Å². The lowest BCUT2D eigenvalue weighted by atomic mass is 10.2. The molecular weight excluding hydrogens is 218 g/mol. The quantitative estimate of drug-likeness (QED) is 0.763. The van der Waals surface area contributed by atoms with E-state index in [1.54, 1.807) is 6.07 Å². The van der Waals surface area contributed by atoms with Crippen LogP contribution in [0, 0.1) is 0 Å². The van der Waals surface area contributed by atoms with E-state index in [4.69, 9.17) is 0 Å². The summed E-state index contributed by atoms with van der Waals surface area (Å²) in [6.07, 6.45) is 2.39. The Labute approximate surface area is 97.1 Å². The molecule has 1 aromatic carbocycles. The number of aromatic nitrogens is 2. The van der Waals surface area contributed by atoms with Gasteiger partial charge in [-0.05, 0) is 31.0 Å². The maximum Gasteiger partial charge on any atom is 0.326 e. The molecule has 2 aromatic rings. The molecule has 0 radical (unpaired) electrons. The van der Waals surface area contributed by atoms with E-state index in [9.17, 15) is 9.59 Å². The van der Waals surface area contributed by atoms with Crippen molar-refractivity contribution in [3.63, 3.8) is 0 Å². The predicted molar refractivity (Wildman–Crippen MR) is 66.6 cm³/mol. The number of anilines is 1. The zero-order chi connectivity index (χ0) is 11.8. The minimum atomic E-state index is -0.462. The largest absolute Gasteiger partial charge is 0.372 e. The highest BCUT2D eigenvalue weighted by Gasteiger charge is 2.13. The Morgan fingerprint density at radius 3 is 2.59 bits per heavy atom. The monoisotopic (exact) mass is 231 g/mol. The topological polar surface area (TPSA) is 69.0 Å². The Kier molecular flexibility index (Phi) is 2.24. The molecule has 1 aliphatic rings. The zero-order valence-electron chi connectivity index (χ0n) is 9.32. The van der Waals surface area contributed by atoms with Crippen LogP contribution in [0.4, 0.5) is 5.69 Å². The van der Waals surface area contributed by atoms with Crippen molar-refractivity contribution in [1.82, 2.24) is 9.97 Å². The van der Waals surface area contributed by atoms with Crippen LogP contribution in [0.3, 0.4) is 0 Å². The molecule has 1 fully saturated rings. The lowest BCUT2D eigenvalue weighted by Gasteiger charge is -2.17. The summed E-state index contributed by atoms with van der Waals surface area (Å²) in [7, 11) is 0. The van der Waals surface area contributed by atoms with Crippen molar-refractivity contribution in [2.45, 2.75) is 12.8 Å². The van der Waals surface area contributed by atoms with Gasteiger partial charge in [0.05, 0.1) is 10.9 Å². The average molecular weight is 231 g/mol. The van der Waals surface area contributed by atoms with Gasteiger partial charge >= 0.3 is 5.69 Å². The van der Waals surface area contributed by atoms with Crippen LogP contribution >= 0.6 is 0 Å². The summed E-state index contributed by atoms with van der Waals surface area (Å²) in [4.78, 5) is 29.9. The molecular formula is C12H13N3O2. The number of aromatic amines is 2. The molecule has 5 nitrogen and oxygen atoms in total. The number of hydrogen-bond acceptors (Lipinski definition) is 3. The van der Waals surface area contributed by atoms with Crippen molar-refractivity contribution in [3.05, 3.63) is 39.0 Å². The molecule has 1 aromatic heterocycles. The molecule has 1 saturated heterocycles. The molecule has 1 aliphatic heterocycles. The molecule has 3 rings (SSSR count). The lowest BCUT2D eigenvalue weighted by Crippen LogP contribution is -2.23. The number of nitrogens with one attached hydrogen (secondary N) is 2. The van der Waals surface area contributed by atoms with Crippen LogP contribution in [-0.2, 0) is 0 Å². The maximum atomic E-state index is 11.7. The van der Waals surface area contributed by atoms with Gasteiger partial charge in [-0.2, -0.15) is 0 Å². The standard InChI is InChI=1S/C12H13N3O2/c16-11-9-7-8(15-5-1-2-6-15)3-4-10(9)13-12(17)14-11/h3-4,7H,1-2,5-6H2,(H2,13,14,16,17). The third kappa shape index (κ3) is 1.73. The summed E-state index contributed by atoms with van der Waals surface area (Å²) in [6, 6.07) is 5.58. The van der Waals surface area contributed by atoms with Crippen molar-refractivity contribution < 1.29 is 0 Å². The van der Waals surface area contributed by atoms with Gasteiger partial charge in [0.2, 0.25) is 0 Å². The summed E-state index contributed by atoms with van der Waals surface area (Å²) in [5.41, 5.74) is 0.843. The number of benzene rings is 1. The predicted octanol–water partition coefficient (Wildman–Crippen LogP) is 0.817. The van der Waals surface area contributed by atoms with Gasteiger partial charge < -0.3 is 9.88 Å². The van der Waals surface area contributed by atoms with E-state index in [0.717, 1.165) is 18.8 Å². The number of nitrogens with zero attached hydrogens (tertiary/aromatic N) is 1. The third-order valence-electron chi connectivity index (χ3n) is 3.19. The first-order valence-electron chi connectivity index (χ1n) is 5.75. The van der Waals surface area contributed by atoms with E-state index in [-0.39, 0.29) is 5.56 Å². The molecule has 0 unspecified atom stereocenters. The van der Waals surface area contributed by atoms with Crippen molar-refractivity contribution in [2.24, 2.45) is 0 Å². The minimum absolute atomic E-state index is 0.329. The van der Waals surface area contributed by atoms with E-state index in [2.05, 4.69) is 14.9 Å². The van der Waals surface area contributed by atoms with Gasteiger partial charge in [0, 0.05) is 18.8 Å². The Morgan fingerprint density at radius 2 is 1.82 bits per heavy atom. The van der Waals surface area contributed by atoms with Crippen LogP contribution in [0.5, 0.6) is 0 Å². The van der Waals surface area contributed by atoms with Crippen LogP contribution in [-0.4, -0.2) is 23.1 Å². The zero-order valence-corrected chi connectivity index (χ0v) is 9.32. The molecule has 17 heavy (non-hydrogen) atoms. The highest BCUT2D eigenvalue weighted by molar-refractivity contribution is 5.81. The number of fused-ring (bicyclic) bond motifs is 1. The van der Waals surface area contributed by atoms with Gasteiger partial charge in [-0.1, -0.05) is 0 Å². The summed E-state index contributed by atoms with van der Waals surface area (Å²) in [5.74, 6) is 0. The highest BCUT2D eigenvalue weighted by Crippen LogP contribution is 2.22. The molecule has 0 amide bonds. The second-order valence-electron chi connectivity index (χ2n) is 4.33. The molecule has 5 heteroatoms. The summed E-state index contributed by atoms with van der Waals surface area (Å²) in [5, 5.41) is 0.536. The third-order valence-corrected chi connectivity index (χ3v) is 3.19. The van der Waals surface area contributed by atoms with Crippen molar-refractivity contribution in [1.29, 1.82) is 0 Å². The second-order valence-corrected chi connectivity index (χ2v) is 4.33. The number of hydrogen-bond donors (Lipinski definition) is 2. The fourth-order valence-electron chi connectivity index (χ4n) is 2.33. The SMILES string of the molecule is O=c1[nH]c(=O)c2cc(N3CCCC3)ccc2[nH]1. The Morgan fingerprint density at radius 1 is 1.06 bits per heavy atom. The fourth-order valence-corrected chi connectivity index (χ4v) is 2.33. The van der Waals surface area contributed by atoms with Gasteiger partial charge in [-0.15, -0.1) is 0 Å². The smallest absolute Gasteiger partial charge is 0.326 e. The normalized spacial score (nSPS) is 15.6. The molecule has 0 bridgehead atoms. The van der Waals surface area contributed by atoms with Crippen molar-refractivity contribution >= 4 is 16.6 Å². The van der Waals surface area contributed by atoms with Gasteiger partial charge in [-0.3, -0.25) is 9.78 Å². The highest BCUT2D eigenvalue weighted by atomic mass is 16.2. The molecule has 88 valence electrons. The molecule has 0 aliphatic carbocycles. The summed E-state index contributed by atoms with van der Waals surface area (Å²) in [6.45, 7) is 2.07. The molecule has 2 heterocycles. The Hall–Kier alpha value is -2.04. The Balaban J connectivity index is 2.18. The maximum absolute atomic E-state index is 11.7. The second kappa shape index (κ2) is 3.76. The van der Waals surface area contributed by atoms with Crippen LogP contribution in [0.1, 0.15) is 12.8 Å². The van der Waals surface area contributed by atoms with Crippen LogP contribution in [0.2, 0.25) is 0 Å². The van der Waals surface area contributed by atoms with Crippen LogP contribution in [0.25, 0.3) is 10.9 Å². The Bertz CT molecular complexity index is 665. The summed E-state index contributed by atoms with van der Waals surface area (Å²) >= 11 is 0.